The summed E-state index contributed by atoms with van der Waals surface area (Å²) in [5.41, 5.74) is 1.71. The molecule has 0 fully saturated rings. The predicted molar refractivity (Wildman–Crippen MR) is 56.0 cm³/mol. The number of nitrogens with one attached hydrogen (secondary N) is 1. The van der Waals surface area contributed by atoms with E-state index in [1.165, 1.54) is 11.8 Å². The Morgan fingerprint density at radius 2 is 2.40 bits per heavy atom. The van der Waals surface area contributed by atoms with Crippen LogP contribution in [0.25, 0.3) is 0 Å². The van der Waals surface area contributed by atoms with E-state index in [1.807, 2.05) is 0 Å². The van der Waals surface area contributed by atoms with Crippen LogP contribution in [0.3, 0.4) is 0 Å². The van der Waals surface area contributed by atoms with E-state index < -0.39 is 0 Å². The Hall–Kier alpha value is -1.29. The average molecular weight is 207 g/mol. The monoisotopic (exact) mass is 207 g/mol. The van der Waals surface area contributed by atoms with Gasteiger partial charge in [0.05, 0.1) is 11.9 Å². The van der Waals surface area contributed by atoms with Gasteiger partial charge in [0.2, 0.25) is 0 Å². The minimum atomic E-state index is -0.338. The van der Waals surface area contributed by atoms with E-state index >= 15 is 0 Å². The maximum absolute atomic E-state index is 12.9. The second kappa shape index (κ2) is 4.49. The Morgan fingerprint density at radius 3 is 3.07 bits per heavy atom. The summed E-state index contributed by atoms with van der Waals surface area (Å²) in [6, 6.07) is 0. The van der Waals surface area contributed by atoms with E-state index in [1.54, 1.807) is 6.92 Å². The number of aromatic nitrogens is 2. The summed E-state index contributed by atoms with van der Waals surface area (Å²) in [6.45, 7) is 3.58. The Kier molecular flexibility index (Phi) is 3.06. The summed E-state index contributed by atoms with van der Waals surface area (Å²) >= 11 is 0. The Labute approximate surface area is 88.4 Å². The molecule has 1 aliphatic rings. The van der Waals surface area contributed by atoms with Crippen LogP contribution in [-0.4, -0.2) is 23.1 Å². The summed E-state index contributed by atoms with van der Waals surface area (Å²) < 4.78 is 12.9. The van der Waals surface area contributed by atoms with Gasteiger partial charge >= 0.3 is 0 Å². The van der Waals surface area contributed by atoms with Crippen molar-refractivity contribution in [1.82, 2.24) is 15.3 Å². The van der Waals surface area contributed by atoms with Crippen LogP contribution < -0.4 is 5.32 Å². The Bertz CT molecular complexity index is 387. The van der Waals surface area contributed by atoms with Crippen molar-refractivity contribution in [1.29, 1.82) is 0 Å². The van der Waals surface area contributed by atoms with Crippen molar-refractivity contribution in [2.75, 3.05) is 13.1 Å². The van der Waals surface area contributed by atoms with Crippen molar-refractivity contribution in [3.05, 3.63) is 35.2 Å². The lowest BCUT2D eigenvalue weighted by molar-refractivity contribution is 0.595. The fourth-order valence-corrected chi connectivity index (χ4v) is 1.62. The largest absolute Gasteiger partial charge is 0.313 e. The molecule has 2 rings (SSSR count). The number of halogens is 1. The summed E-state index contributed by atoms with van der Waals surface area (Å²) in [6.07, 6.45) is 5.22. The molecule has 0 saturated heterocycles. The molecular weight excluding hydrogens is 193 g/mol. The van der Waals surface area contributed by atoms with Gasteiger partial charge in [-0.25, -0.2) is 14.4 Å². The fraction of sp³-hybridized carbons (Fsp3) is 0.455. The maximum Gasteiger partial charge on any atom is 0.162 e. The summed E-state index contributed by atoms with van der Waals surface area (Å²) in [4.78, 5) is 8.09. The molecule has 0 unspecified atom stereocenters. The number of nitrogens with zero attached hydrogens (tertiary/aromatic N) is 2. The molecule has 0 atom stereocenters. The second-order valence-corrected chi connectivity index (χ2v) is 3.72. The van der Waals surface area contributed by atoms with Crippen molar-refractivity contribution >= 4 is 0 Å². The van der Waals surface area contributed by atoms with Crippen molar-refractivity contribution in [3.8, 4) is 0 Å². The van der Waals surface area contributed by atoms with Crippen LogP contribution in [0, 0.1) is 12.7 Å². The summed E-state index contributed by atoms with van der Waals surface area (Å²) in [7, 11) is 0. The first kappa shape index (κ1) is 10.2. The van der Waals surface area contributed by atoms with Crippen molar-refractivity contribution in [3.63, 3.8) is 0 Å². The van der Waals surface area contributed by atoms with Crippen LogP contribution in [0.5, 0.6) is 0 Å². The lowest BCUT2D eigenvalue weighted by atomic mass is 10.1. The molecule has 0 aliphatic carbocycles. The van der Waals surface area contributed by atoms with Crippen LogP contribution in [-0.2, 0) is 6.42 Å². The summed E-state index contributed by atoms with van der Waals surface area (Å²) in [5, 5.41) is 3.28. The normalized spacial score (nSPS) is 16.3. The maximum atomic E-state index is 12.9. The molecule has 1 aromatic rings. The fourth-order valence-electron chi connectivity index (χ4n) is 1.62. The second-order valence-electron chi connectivity index (χ2n) is 3.72. The Balaban J connectivity index is 2.10. The molecule has 80 valence electrons. The van der Waals surface area contributed by atoms with E-state index in [9.17, 15) is 4.39 Å². The third-order valence-electron chi connectivity index (χ3n) is 2.46. The van der Waals surface area contributed by atoms with Crippen molar-refractivity contribution < 1.29 is 4.39 Å². The lowest BCUT2D eigenvalue weighted by Gasteiger charge is -2.13. The third-order valence-corrected chi connectivity index (χ3v) is 2.46. The number of aryl methyl sites for hydroxylation is 1. The lowest BCUT2D eigenvalue weighted by Crippen LogP contribution is -2.23. The first-order valence-corrected chi connectivity index (χ1v) is 5.12. The molecule has 0 radical (unpaired) electrons. The van der Waals surface area contributed by atoms with Gasteiger partial charge in [-0.15, -0.1) is 0 Å². The first-order valence-electron chi connectivity index (χ1n) is 5.12. The molecule has 0 bridgehead atoms. The van der Waals surface area contributed by atoms with Crippen LogP contribution in [0.15, 0.2) is 17.8 Å². The minimum Gasteiger partial charge on any atom is -0.313 e. The molecule has 3 nitrogen and oxygen atoms in total. The number of rotatable bonds is 2. The molecule has 0 saturated carbocycles. The molecular formula is C11H14FN3. The van der Waals surface area contributed by atoms with Gasteiger partial charge in [0.15, 0.2) is 5.82 Å². The van der Waals surface area contributed by atoms with Crippen LogP contribution in [0.1, 0.15) is 17.9 Å². The van der Waals surface area contributed by atoms with Crippen LogP contribution in [0.4, 0.5) is 4.39 Å². The predicted octanol–water partition coefficient (Wildman–Crippen LogP) is 1.39. The number of hydrogen-bond donors (Lipinski definition) is 1. The topological polar surface area (TPSA) is 37.8 Å². The van der Waals surface area contributed by atoms with Gasteiger partial charge in [-0.3, -0.25) is 0 Å². The SMILES string of the molecule is Cc1nc(CC2=CCCNC2)ncc1F. The molecule has 0 aromatic carbocycles. The smallest absolute Gasteiger partial charge is 0.162 e. The van der Waals surface area contributed by atoms with E-state index in [4.69, 9.17) is 0 Å². The van der Waals surface area contributed by atoms with Crippen LogP contribution >= 0.6 is 0 Å². The molecule has 4 heteroatoms. The van der Waals surface area contributed by atoms with Gasteiger partial charge in [-0.05, 0) is 19.9 Å². The van der Waals surface area contributed by atoms with E-state index in [0.29, 0.717) is 17.9 Å². The zero-order valence-electron chi connectivity index (χ0n) is 8.76. The molecule has 1 N–H and O–H groups in total. The molecule has 1 aliphatic heterocycles. The van der Waals surface area contributed by atoms with Gasteiger partial charge in [0, 0.05) is 13.0 Å². The Morgan fingerprint density at radius 1 is 1.53 bits per heavy atom. The standard InChI is InChI=1S/C11H14FN3/c1-8-10(12)7-14-11(15-8)5-9-3-2-4-13-6-9/h3,7,13H,2,4-6H2,1H3. The zero-order valence-corrected chi connectivity index (χ0v) is 8.76. The molecule has 0 spiro atoms. The molecule has 0 amide bonds. The molecule has 1 aromatic heterocycles. The first-order chi connectivity index (χ1) is 7.25. The highest BCUT2D eigenvalue weighted by Crippen LogP contribution is 2.08. The zero-order chi connectivity index (χ0) is 10.7. The highest BCUT2D eigenvalue weighted by Gasteiger charge is 2.07. The van der Waals surface area contributed by atoms with E-state index in [-0.39, 0.29) is 5.82 Å². The highest BCUT2D eigenvalue weighted by atomic mass is 19.1. The third kappa shape index (κ3) is 2.59. The number of hydrogen-bond acceptors (Lipinski definition) is 3. The van der Waals surface area contributed by atoms with E-state index in [0.717, 1.165) is 19.5 Å². The quantitative estimate of drug-likeness (QED) is 0.745. The van der Waals surface area contributed by atoms with E-state index in [2.05, 4.69) is 21.4 Å². The molecule has 2 heterocycles. The van der Waals surface area contributed by atoms with Gasteiger partial charge < -0.3 is 5.32 Å². The highest BCUT2D eigenvalue weighted by molar-refractivity contribution is 5.15. The van der Waals surface area contributed by atoms with Crippen molar-refractivity contribution in [2.45, 2.75) is 19.8 Å². The average Bonchev–Trinajstić information content (AvgIpc) is 2.25. The minimum absolute atomic E-state index is 0.338. The van der Waals surface area contributed by atoms with Gasteiger partial charge in [0.1, 0.15) is 5.82 Å². The van der Waals surface area contributed by atoms with Gasteiger partial charge in [-0.1, -0.05) is 11.6 Å². The van der Waals surface area contributed by atoms with Crippen LogP contribution in [0.2, 0.25) is 0 Å². The summed E-state index contributed by atoms with van der Waals surface area (Å²) in [5.74, 6) is 0.360. The van der Waals surface area contributed by atoms with Gasteiger partial charge in [0.25, 0.3) is 0 Å². The molecule has 15 heavy (non-hydrogen) atoms. The van der Waals surface area contributed by atoms with Crippen molar-refractivity contribution in [2.24, 2.45) is 0 Å². The van der Waals surface area contributed by atoms with Gasteiger partial charge in [-0.2, -0.15) is 0 Å².